The maximum atomic E-state index is 6.01. The fraction of sp³-hybridized carbons (Fsp3) is 0.786. The van der Waals surface area contributed by atoms with E-state index in [0.29, 0.717) is 24.5 Å². The van der Waals surface area contributed by atoms with Gasteiger partial charge in [0.15, 0.2) is 0 Å². The number of hydrogen-bond donors (Lipinski definition) is 1. The molecule has 1 aromatic heterocycles. The Bertz CT molecular complexity index is 381. The highest BCUT2D eigenvalue weighted by Gasteiger charge is 2.30. The zero-order valence-corrected chi connectivity index (χ0v) is 12.0. The largest absolute Gasteiger partial charge is 0.330 e. The molecule has 0 amide bonds. The summed E-state index contributed by atoms with van der Waals surface area (Å²) in [6, 6.07) is 1.45. The molecule has 1 aliphatic rings. The van der Waals surface area contributed by atoms with Gasteiger partial charge in [0.25, 0.3) is 0 Å². The van der Waals surface area contributed by atoms with Gasteiger partial charge in [0.1, 0.15) is 0 Å². The molecule has 0 bridgehead atoms. The van der Waals surface area contributed by atoms with Crippen molar-refractivity contribution in [3.63, 3.8) is 0 Å². The molecule has 1 aromatic rings. The normalized spacial score (nSPS) is 19.5. The Hall–Kier alpha value is -0.870. The van der Waals surface area contributed by atoms with Crippen LogP contribution in [0.4, 0.5) is 0 Å². The molecule has 1 aliphatic carbocycles. The number of imidazole rings is 1. The van der Waals surface area contributed by atoms with Crippen molar-refractivity contribution in [3.05, 3.63) is 18.2 Å². The molecule has 4 heteroatoms. The fourth-order valence-corrected chi connectivity index (χ4v) is 2.48. The van der Waals surface area contributed by atoms with Crippen molar-refractivity contribution in [2.45, 2.75) is 51.7 Å². The van der Waals surface area contributed by atoms with Crippen molar-refractivity contribution in [2.24, 2.45) is 11.7 Å². The molecule has 2 N–H and O–H groups in total. The van der Waals surface area contributed by atoms with Crippen LogP contribution in [-0.4, -0.2) is 34.1 Å². The lowest BCUT2D eigenvalue weighted by molar-refractivity contribution is 0.146. The predicted octanol–water partition coefficient (Wildman–Crippen LogP) is 2.19. The monoisotopic (exact) mass is 250 g/mol. The van der Waals surface area contributed by atoms with Gasteiger partial charge in [0.2, 0.25) is 0 Å². The first kappa shape index (κ1) is 13.6. The molecule has 2 atom stereocenters. The molecule has 102 valence electrons. The average Bonchev–Trinajstić information content (AvgIpc) is 3.08. The smallest absolute Gasteiger partial charge is 0.0951 e. The van der Waals surface area contributed by atoms with E-state index in [1.165, 1.54) is 18.5 Å². The van der Waals surface area contributed by atoms with E-state index >= 15 is 0 Å². The van der Waals surface area contributed by atoms with Crippen LogP contribution in [0.25, 0.3) is 0 Å². The molecular formula is C14H26N4. The molecule has 0 aliphatic heterocycles. The van der Waals surface area contributed by atoms with Crippen molar-refractivity contribution in [3.8, 4) is 0 Å². The second-order valence-electron chi connectivity index (χ2n) is 5.86. The molecule has 1 saturated carbocycles. The number of aromatic nitrogens is 2. The van der Waals surface area contributed by atoms with Gasteiger partial charge >= 0.3 is 0 Å². The van der Waals surface area contributed by atoms with Gasteiger partial charge in [-0.2, -0.15) is 0 Å². The highest BCUT2D eigenvalue weighted by Crippen LogP contribution is 2.37. The zero-order valence-electron chi connectivity index (χ0n) is 12.0. The molecule has 0 aromatic carbocycles. The Labute approximate surface area is 110 Å². The van der Waals surface area contributed by atoms with Crippen LogP contribution in [0.2, 0.25) is 0 Å². The van der Waals surface area contributed by atoms with Gasteiger partial charge < -0.3 is 10.3 Å². The first-order valence-corrected chi connectivity index (χ1v) is 7.00. The first-order valence-electron chi connectivity index (χ1n) is 7.00. The van der Waals surface area contributed by atoms with E-state index in [4.69, 9.17) is 5.73 Å². The quantitative estimate of drug-likeness (QED) is 0.842. The summed E-state index contributed by atoms with van der Waals surface area (Å²) in [6.45, 7) is 7.43. The molecule has 4 nitrogen and oxygen atoms in total. The summed E-state index contributed by atoms with van der Waals surface area (Å²) in [5, 5.41) is 0. The second kappa shape index (κ2) is 5.41. The minimum absolute atomic E-state index is 0.269. The standard InChI is InChI=1S/C14H26N4/c1-10(2)11(3)17(4)13(7-15)14-8-16-9-18(14)12-5-6-12/h8-13H,5-7,15H2,1-4H3. The highest BCUT2D eigenvalue weighted by atomic mass is 15.2. The predicted molar refractivity (Wildman–Crippen MR) is 74.4 cm³/mol. The van der Waals surface area contributed by atoms with Crippen LogP contribution in [0.5, 0.6) is 0 Å². The van der Waals surface area contributed by atoms with Gasteiger partial charge in [-0.15, -0.1) is 0 Å². The Balaban J connectivity index is 2.19. The fourth-order valence-electron chi connectivity index (χ4n) is 2.48. The van der Waals surface area contributed by atoms with Crippen molar-refractivity contribution < 1.29 is 0 Å². The Morgan fingerprint density at radius 2 is 2.11 bits per heavy atom. The van der Waals surface area contributed by atoms with Crippen molar-refractivity contribution in [1.29, 1.82) is 0 Å². The lowest BCUT2D eigenvalue weighted by Crippen LogP contribution is -2.40. The molecule has 0 saturated heterocycles. The molecule has 0 radical (unpaired) electrons. The number of likely N-dealkylation sites (N-methyl/N-ethyl adjacent to an activating group) is 1. The number of rotatable bonds is 6. The highest BCUT2D eigenvalue weighted by molar-refractivity contribution is 5.10. The van der Waals surface area contributed by atoms with Gasteiger partial charge in [-0.1, -0.05) is 13.8 Å². The van der Waals surface area contributed by atoms with Crippen LogP contribution in [0.1, 0.15) is 51.4 Å². The lowest BCUT2D eigenvalue weighted by atomic mass is 10.0. The summed E-state index contributed by atoms with van der Waals surface area (Å²) in [5.74, 6) is 0.626. The second-order valence-corrected chi connectivity index (χ2v) is 5.86. The van der Waals surface area contributed by atoms with Crippen molar-refractivity contribution in [2.75, 3.05) is 13.6 Å². The van der Waals surface area contributed by atoms with Crippen LogP contribution in [0, 0.1) is 5.92 Å². The van der Waals surface area contributed by atoms with Gasteiger partial charge in [0, 0.05) is 24.8 Å². The Kier molecular flexibility index (Phi) is 4.07. The van der Waals surface area contributed by atoms with Crippen molar-refractivity contribution >= 4 is 0 Å². The SMILES string of the molecule is CC(C)C(C)N(C)C(CN)c1cncn1C1CC1. The molecule has 2 unspecified atom stereocenters. The minimum atomic E-state index is 0.269. The molecular weight excluding hydrogens is 224 g/mol. The molecule has 0 spiro atoms. The maximum absolute atomic E-state index is 6.01. The maximum Gasteiger partial charge on any atom is 0.0951 e. The van der Waals surface area contributed by atoms with E-state index in [2.05, 4.69) is 42.3 Å². The summed E-state index contributed by atoms with van der Waals surface area (Å²) >= 11 is 0. The summed E-state index contributed by atoms with van der Waals surface area (Å²) in [4.78, 5) is 6.71. The molecule has 1 fully saturated rings. The third-order valence-electron chi connectivity index (χ3n) is 4.30. The average molecular weight is 250 g/mol. The summed E-state index contributed by atoms with van der Waals surface area (Å²) < 4.78 is 2.32. The van der Waals surface area contributed by atoms with E-state index in [1.54, 1.807) is 0 Å². The lowest BCUT2D eigenvalue weighted by Gasteiger charge is -2.35. The Morgan fingerprint density at radius 3 is 2.61 bits per heavy atom. The van der Waals surface area contributed by atoms with Crippen LogP contribution in [0.15, 0.2) is 12.5 Å². The minimum Gasteiger partial charge on any atom is -0.330 e. The van der Waals surface area contributed by atoms with Crippen LogP contribution in [0.3, 0.4) is 0 Å². The van der Waals surface area contributed by atoms with Crippen LogP contribution >= 0.6 is 0 Å². The number of nitrogens with zero attached hydrogens (tertiary/aromatic N) is 3. The van der Waals surface area contributed by atoms with Gasteiger partial charge in [0.05, 0.1) is 18.1 Å². The van der Waals surface area contributed by atoms with E-state index in [-0.39, 0.29) is 6.04 Å². The van der Waals surface area contributed by atoms with Gasteiger partial charge in [-0.25, -0.2) is 4.98 Å². The van der Waals surface area contributed by atoms with Crippen molar-refractivity contribution in [1.82, 2.24) is 14.5 Å². The molecule has 2 rings (SSSR count). The zero-order chi connectivity index (χ0) is 13.3. The third kappa shape index (κ3) is 2.59. The molecule has 18 heavy (non-hydrogen) atoms. The van der Waals surface area contributed by atoms with Gasteiger partial charge in [-0.05, 0) is 32.7 Å². The van der Waals surface area contributed by atoms with Gasteiger partial charge in [-0.3, -0.25) is 4.90 Å². The summed E-state index contributed by atoms with van der Waals surface area (Å²) in [7, 11) is 2.17. The molecule has 1 heterocycles. The number of hydrogen-bond acceptors (Lipinski definition) is 3. The summed E-state index contributed by atoms with van der Waals surface area (Å²) in [5.41, 5.74) is 7.28. The third-order valence-corrected chi connectivity index (χ3v) is 4.30. The first-order chi connectivity index (χ1) is 8.56. The Morgan fingerprint density at radius 1 is 1.44 bits per heavy atom. The van der Waals surface area contributed by atoms with E-state index in [0.717, 1.165) is 0 Å². The van der Waals surface area contributed by atoms with E-state index < -0.39 is 0 Å². The summed E-state index contributed by atoms with van der Waals surface area (Å²) in [6.07, 6.45) is 6.51. The van der Waals surface area contributed by atoms with Crippen LogP contribution < -0.4 is 5.73 Å². The number of nitrogens with two attached hydrogens (primary N) is 1. The van der Waals surface area contributed by atoms with E-state index in [1.807, 2.05) is 12.5 Å². The van der Waals surface area contributed by atoms with Crippen LogP contribution in [-0.2, 0) is 0 Å². The van der Waals surface area contributed by atoms with E-state index in [9.17, 15) is 0 Å². The topological polar surface area (TPSA) is 47.1 Å².